The Kier molecular flexibility index (Phi) is 7.46. The first-order valence-corrected chi connectivity index (χ1v) is 8.67. The van der Waals surface area contributed by atoms with Crippen LogP contribution in [0.4, 0.5) is 0 Å². The third kappa shape index (κ3) is 6.24. The second-order valence-corrected chi connectivity index (χ2v) is 6.84. The zero-order chi connectivity index (χ0) is 15.1. The lowest BCUT2D eigenvalue weighted by atomic mass is 10.2. The van der Waals surface area contributed by atoms with Gasteiger partial charge in [0.15, 0.2) is 12.5 Å². The van der Waals surface area contributed by atoms with Crippen LogP contribution in [0.25, 0.3) is 0 Å². The van der Waals surface area contributed by atoms with Gasteiger partial charge < -0.3 is 19.5 Å². The van der Waals surface area contributed by atoms with Gasteiger partial charge in [0, 0.05) is 20.2 Å². The summed E-state index contributed by atoms with van der Waals surface area (Å²) in [6.45, 7) is 3.43. The smallest absolute Gasteiger partial charge is 0.189 e. The molecule has 2 rings (SSSR count). The molecule has 1 aromatic carbocycles. The lowest BCUT2D eigenvalue weighted by Crippen LogP contribution is -2.18. The summed E-state index contributed by atoms with van der Waals surface area (Å²) < 4.78 is 18.1. The van der Waals surface area contributed by atoms with Gasteiger partial charge in [0.25, 0.3) is 0 Å². The molecule has 0 heterocycles. The summed E-state index contributed by atoms with van der Waals surface area (Å²) in [6, 6.07) is 4.11. The second-order valence-electron chi connectivity index (χ2n) is 5.13. The van der Waals surface area contributed by atoms with Crippen molar-refractivity contribution in [1.29, 1.82) is 0 Å². The van der Waals surface area contributed by atoms with Gasteiger partial charge in [-0.2, -0.15) is 0 Å². The Morgan fingerprint density at radius 2 is 1.95 bits per heavy atom. The number of methoxy groups -OCH3 is 1. The van der Waals surface area contributed by atoms with Crippen molar-refractivity contribution in [3.05, 3.63) is 26.6 Å². The highest BCUT2D eigenvalue weighted by molar-refractivity contribution is 9.11. The van der Waals surface area contributed by atoms with E-state index in [1.807, 2.05) is 0 Å². The van der Waals surface area contributed by atoms with Crippen LogP contribution in [0.3, 0.4) is 0 Å². The third-order valence-corrected chi connectivity index (χ3v) is 4.39. The van der Waals surface area contributed by atoms with Crippen molar-refractivity contribution in [2.24, 2.45) is 5.92 Å². The lowest BCUT2D eigenvalue weighted by molar-refractivity contribution is 0.00913. The van der Waals surface area contributed by atoms with Crippen LogP contribution in [0.5, 0.6) is 5.75 Å². The summed E-state index contributed by atoms with van der Waals surface area (Å²) in [5.41, 5.74) is 1.18. The molecule has 0 bridgehead atoms. The Hall–Kier alpha value is -0.140. The van der Waals surface area contributed by atoms with Crippen molar-refractivity contribution < 1.29 is 14.2 Å². The van der Waals surface area contributed by atoms with E-state index in [1.54, 1.807) is 7.11 Å². The normalized spacial score (nSPS) is 14.4. The minimum absolute atomic E-state index is 0.291. The van der Waals surface area contributed by atoms with Crippen LogP contribution in [0.1, 0.15) is 18.4 Å². The number of benzene rings is 1. The van der Waals surface area contributed by atoms with Crippen LogP contribution in [-0.2, 0) is 16.0 Å². The number of ether oxygens (including phenoxy) is 3. The molecule has 0 aliphatic heterocycles. The molecule has 0 atom stereocenters. The molecule has 0 spiro atoms. The van der Waals surface area contributed by atoms with Crippen LogP contribution in [-0.4, -0.2) is 33.7 Å². The highest BCUT2D eigenvalue weighted by Crippen LogP contribution is 2.35. The second kappa shape index (κ2) is 9.10. The third-order valence-electron chi connectivity index (χ3n) is 3.21. The lowest BCUT2D eigenvalue weighted by Gasteiger charge is -2.13. The molecule has 1 fully saturated rings. The van der Waals surface area contributed by atoms with Gasteiger partial charge in [-0.25, -0.2) is 0 Å². The zero-order valence-corrected chi connectivity index (χ0v) is 15.3. The van der Waals surface area contributed by atoms with Crippen molar-refractivity contribution >= 4 is 31.9 Å². The molecule has 0 amide bonds. The summed E-state index contributed by atoms with van der Waals surface area (Å²) in [6.07, 6.45) is 2.58. The number of rotatable bonds is 10. The minimum atomic E-state index is 0.291. The van der Waals surface area contributed by atoms with Crippen LogP contribution in [0.15, 0.2) is 21.1 Å². The maximum Gasteiger partial charge on any atom is 0.189 e. The summed E-state index contributed by atoms with van der Waals surface area (Å²) in [5, 5.41) is 3.32. The Labute approximate surface area is 142 Å². The highest BCUT2D eigenvalue weighted by atomic mass is 79.9. The van der Waals surface area contributed by atoms with Gasteiger partial charge in [-0.3, -0.25) is 0 Å². The fourth-order valence-electron chi connectivity index (χ4n) is 1.86. The van der Waals surface area contributed by atoms with E-state index < -0.39 is 0 Å². The molecule has 1 aromatic rings. The Morgan fingerprint density at radius 1 is 1.24 bits per heavy atom. The van der Waals surface area contributed by atoms with Crippen molar-refractivity contribution in [2.75, 3.05) is 33.7 Å². The van der Waals surface area contributed by atoms with Gasteiger partial charge in [-0.05, 0) is 68.3 Å². The molecule has 21 heavy (non-hydrogen) atoms. The Bertz CT molecular complexity index is 430. The zero-order valence-electron chi connectivity index (χ0n) is 12.2. The first kappa shape index (κ1) is 17.2. The van der Waals surface area contributed by atoms with E-state index in [0.717, 1.165) is 40.3 Å². The highest BCUT2D eigenvalue weighted by Gasteiger charge is 2.21. The topological polar surface area (TPSA) is 39.7 Å². The maximum atomic E-state index is 5.69. The molecular weight excluding hydrogens is 402 g/mol. The molecule has 1 saturated carbocycles. The van der Waals surface area contributed by atoms with Crippen LogP contribution >= 0.6 is 31.9 Å². The molecule has 0 aromatic heterocycles. The molecule has 0 unspecified atom stereocenters. The standard InChI is InChI=1S/C15H21Br2NO3/c1-19-5-4-18-8-12-6-13(16)15(14(17)7-12)21-10-20-9-11-2-3-11/h6-7,11,18H,2-5,8-10H2,1H3. The van der Waals surface area contributed by atoms with E-state index in [9.17, 15) is 0 Å². The Balaban J connectivity index is 1.80. The molecular formula is C15H21Br2NO3. The minimum Gasteiger partial charge on any atom is -0.465 e. The molecule has 1 aliphatic carbocycles. The number of nitrogens with one attached hydrogen (secondary N) is 1. The van der Waals surface area contributed by atoms with E-state index in [1.165, 1.54) is 18.4 Å². The van der Waals surface area contributed by atoms with Gasteiger partial charge in [-0.1, -0.05) is 0 Å². The number of halogens is 2. The average molecular weight is 423 g/mol. The van der Waals surface area contributed by atoms with E-state index in [-0.39, 0.29) is 0 Å². The van der Waals surface area contributed by atoms with Crippen molar-refractivity contribution in [3.63, 3.8) is 0 Å². The fraction of sp³-hybridized carbons (Fsp3) is 0.600. The molecule has 0 saturated heterocycles. The van der Waals surface area contributed by atoms with E-state index in [4.69, 9.17) is 14.2 Å². The quantitative estimate of drug-likeness (QED) is 0.460. The van der Waals surface area contributed by atoms with Crippen molar-refractivity contribution in [2.45, 2.75) is 19.4 Å². The predicted molar refractivity (Wildman–Crippen MR) is 89.6 cm³/mol. The first-order chi connectivity index (χ1) is 10.2. The van der Waals surface area contributed by atoms with Gasteiger partial charge >= 0.3 is 0 Å². The van der Waals surface area contributed by atoms with Gasteiger partial charge in [-0.15, -0.1) is 0 Å². The average Bonchev–Trinajstić information content (AvgIpc) is 3.26. The van der Waals surface area contributed by atoms with Crippen molar-refractivity contribution in [1.82, 2.24) is 5.32 Å². The number of hydrogen-bond donors (Lipinski definition) is 1. The fourth-order valence-corrected chi connectivity index (χ4v) is 3.37. The summed E-state index contributed by atoms with van der Waals surface area (Å²) >= 11 is 7.10. The Morgan fingerprint density at radius 3 is 2.57 bits per heavy atom. The summed E-state index contributed by atoms with van der Waals surface area (Å²) in [4.78, 5) is 0. The van der Waals surface area contributed by atoms with Crippen LogP contribution < -0.4 is 10.1 Å². The SMILES string of the molecule is COCCNCc1cc(Br)c(OCOCC2CC2)c(Br)c1. The van der Waals surface area contributed by atoms with Gasteiger partial charge in [0.05, 0.1) is 22.2 Å². The molecule has 1 N–H and O–H groups in total. The van der Waals surface area contributed by atoms with Crippen LogP contribution in [0, 0.1) is 5.92 Å². The summed E-state index contributed by atoms with van der Waals surface area (Å²) in [7, 11) is 1.70. The van der Waals surface area contributed by atoms with Crippen molar-refractivity contribution in [3.8, 4) is 5.75 Å². The molecule has 4 nitrogen and oxygen atoms in total. The van der Waals surface area contributed by atoms with E-state index in [0.29, 0.717) is 13.4 Å². The molecule has 0 radical (unpaired) electrons. The first-order valence-electron chi connectivity index (χ1n) is 7.09. The molecule has 1 aliphatic rings. The van der Waals surface area contributed by atoms with Gasteiger partial charge in [0.2, 0.25) is 0 Å². The van der Waals surface area contributed by atoms with E-state index in [2.05, 4.69) is 49.3 Å². The summed E-state index contributed by atoms with van der Waals surface area (Å²) in [5.74, 6) is 1.53. The molecule has 118 valence electrons. The van der Waals surface area contributed by atoms with Crippen LogP contribution in [0.2, 0.25) is 0 Å². The predicted octanol–water partition coefficient (Wildman–Crippen LogP) is 3.71. The van der Waals surface area contributed by atoms with Gasteiger partial charge in [0.1, 0.15) is 0 Å². The van der Waals surface area contributed by atoms with E-state index >= 15 is 0 Å². The molecule has 6 heteroatoms. The largest absolute Gasteiger partial charge is 0.465 e. The monoisotopic (exact) mass is 421 g/mol. The maximum absolute atomic E-state index is 5.69. The number of hydrogen-bond acceptors (Lipinski definition) is 4.